The fourth-order valence-electron chi connectivity index (χ4n) is 2.72. The van der Waals surface area contributed by atoms with Crippen molar-refractivity contribution in [2.75, 3.05) is 11.9 Å². The van der Waals surface area contributed by atoms with Gasteiger partial charge in [-0.25, -0.2) is 0 Å². The topological polar surface area (TPSA) is 54.0 Å². The molecule has 2 aromatic rings. The molecule has 0 saturated carbocycles. The van der Waals surface area contributed by atoms with Crippen LogP contribution in [0.4, 0.5) is 5.69 Å². The van der Waals surface area contributed by atoms with Gasteiger partial charge in [-0.15, -0.1) is 0 Å². The molecule has 0 unspecified atom stereocenters. The number of hydrogen-bond acceptors (Lipinski definition) is 3. The number of aromatic nitrogens is 1. The average molecular weight is 283 g/mol. The lowest BCUT2D eigenvalue weighted by Crippen LogP contribution is -2.35. The first kappa shape index (κ1) is 14.0. The highest BCUT2D eigenvalue weighted by Crippen LogP contribution is 2.22. The second-order valence-electron chi connectivity index (χ2n) is 5.97. The molecule has 0 radical (unpaired) electrons. The van der Waals surface area contributed by atoms with E-state index >= 15 is 0 Å². The van der Waals surface area contributed by atoms with E-state index in [1.54, 1.807) is 6.20 Å². The van der Waals surface area contributed by atoms with E-state index in [0.717, 1.165) is 36.0 Å². The van der Waals surface area contributed by atoms with Crippen LogP contribution in [0.2, 0.25) is 0 Å². The van der Waals surface area contributed by atoms with Crippen LogP contribution in [0.5, 0.6) is 0 Å². The van der Waals surface area contributed by atoms with Crippen molar-refractivity contribution in [2.24, 2.45) is 0 Å². The first-order valence-corrected chi connectivity index (χ1v) is 7.57. The minimum atomic E-state index is -0.0669. The van der Waals surface area contributed by atoms with Gasteiger partial charge in [-0.05, 0) is 49.1 Å². The lowest BCUT2D eigenvalue weighted by molar-refractivity contribution is -0.117. The molecular formula is C17H21N3O. The number of hydrogen-bond donors (Lipinski definition) is 2. The molecule has 1 aliphatic rings. The Hall–Kier alpha value is -1.94. The van der Waals surface area contributed by atoms with E-state index in [1.165, 1.54) is 5.56 Å². The van der Waals surface area contributed by atoms with Gasteiger partial charge in [-0.1, -0.05) is 19.9 Å². The summed E-state index contributed by atoms with van der Waals surface area (Å²) in [6.45, 7) is 5.27. The van der Waals surface area contributed by atoms with Crippen LogP contribution in [0.3, 0.4) is 0 Å². The average Bonchev–Trinajstić information content (AvgIpc) is 3.00. The third kappa shape index (κ3) is 3.05. The molecule has 3 rings (SSSR count). The second-order valence-corrected chi connectivity index (χ2v) is 5.97. The molecule has 0 aliphatic carbocycles. The Morgan fingerprint density at radius 3 is 2.95 bits per heavy atom. The van der Waals surface area contributed by atoms with Crippen molar-refractivity contribution >= 4 is 22.5 Å². The van der Waals surface area contributed by atoms with Crippen LogP contribution in [0.25, 0.3) is 10.9 Å². The molecule has 4 heteroatoms. The zero-order valence-electron chi connectivity index (χ0n) is 12.5. The van der Waals surface area contributed by atoms with Crippen molar-refractivity contribution in [3.63, 3.8) is 0 Å². The molecule has 0 bridgehead atoms. The maximum Gasteiger partial charge on any atom is 0.241 e. The number of amides is 1. The Labute approximate surface area is 125 Å². The number of fused-ring (bicyclic) bond motifs is 1. The van der Waals surface area contributed by atoms with Crippen LogP contribution in [0.15, 0.2) is 30.5 Å². The summed E-state index contributed by atoms with van der Waals surface area (Å²) >= 11 is 0. The predicted molar refractivity (Wildman–Crippen MR) is 85.5 cm³/mol. The molecule has 1 atom stereocenters. The summed E-state index contributed by atoms with van der Waals surface area (Å²) in [6.07, 6.45) is 3.69. The summed E-state index contributed by atoms with van der Waals surface area (Å²) in [7, 11) is 0. The lowest BCUT2D eigenvalue weighted by Gasteiger charge is -2.12. The number of rotatable bonds is 3. The fraction of sp³-hybridized carbons (Fsp3) is 0.412. The minimum absolute atomic E-state index is 0.0358. The van der Waals surface area contributed by atoms with Gasteiger partial charge in [0.15, 0.2) is 0 Å². The van der Waals surface area contributed by atoms with Gasteiger partial charge in [0.2, 0.25) is 5.91 Å². The van der Waals surface area contributed by atoms with Crippen molar-refractivity contribution in [3.8, 4) is 0 Å². The summed E-state index contributed by atoms with van der Waals surface area (Å²) in [5, 5.41) is 7.23. The first-order valence-electron chi connectivity index (χ1n) is 7.57. The maximum atomic E-state index is 12.1. The number of anilines is 1. The van der Waals surface area contributed by atoms with Gasteiger partial charge in [0.1, 0.15) is 0 Å². The molecule has 2 heterocycles. The third-order valence-corrected chi connectivity index (χ3v) is 4.02. The Morgan fingerprint density at radius 1 is 1.38 bits per heavy atom. The van der Waals surface area contributed by atoms with Gasteiger partial charge in [0.25, 0.3) is 0 Å². The Bertz CT molecular complexity index is 660. The van der Waals surface area contributed by atoms with E-state index in [-0.39, 0.29) is 11.9 Å². The highest BCUT2D eigenvalue weighted by molar-refractivity contribution is 5.96. The molecule has 1 fully saturated rings. The van der Waals surface area contributed by atoms with Crippen LogP contribution in [-0.2, 0) is 4.79 Å². The zero-order valence-corrected chi connectivity index (χ0v) is 12.5. The smallest absolute Gasteiger partial charge is 0.241 e. The number of pyridine rings is 1. The third-order valence-electron chi connectivity index (χ3n) is 4.02. The summed E-state index contributed by atoms with van der Waals surface area (Å²) < 4.78 is 0. The Morgan fingerprint density at radius 2 is 2.24 bits per heavy atom. The van der Waals surface area contributed by atoms with Crippen LogP contribution in [0, 0.1) is 0 Å². The Kier molecular flexibility index (Phi) is 3.88. The summed E-state index contributed by atoms with van der Waals surface area (Å²) in [5.41, 5.74) is 3.00. The summed E-state index contributed by atoms with van der Waals surface area (Å²) in [6, 6.07) is 8.23. The van der Waals surface area contributed by atoms with Gasteiger partial charge < -0.3 is 10.6 Å². The molecule has 21 heavy (non-hydrogen) atoms. The monoisotopic (exact) mass is 283 g/mol. The van der Waals surface area contributed by atoms with E-state index in [4.69, 9.17) is 0 Å². The van der Waals surface area contributed by atoms with Gasteiger partial charge in [-0.2, -0.15) is 0 Å². The van der Waals surface area contributed by atoms with Crippen molar-refractivity contribution in [3.05, 3.63) is 36.0 Å². The number of nitrogens with zero attached hydrogens (tertiary/aromatic N) is 1. The molecule has 1 amide bonds. The van der Waals surface area contributed by atoms with Gasteiger partial charge in [0.05, 0.1) is 23.4 Å². The summed E-state index contributed by atoms with van der Waals surface area (Å²) in [4.78, 5) is 16.6. The van der Waals surface area contributed by atoms with E-state index in [2.05, 4.69) is 41.6 Å². The minimum Gasteiger partial charge on any atom is -0.323 e. The molecule has 0 spiro atoms. The molecule has 2 N–H and O–H groups in total. The molecule has 1 aromatic carbocycles. The van der Waals surface area contributed by atoms with E-state index in [0.29, 0.717) is 5.92 Å². The van der Waals surface area contributed by atoms with E-state index in [9.17, 15) is 4.79 Å². The molecule has 110 valence electrons. The Balaban J connectivity index is 1.83. The van der Waals surface area contributed by atoms with Gasteiger partial charge in [-0.3, -0.25) is 9.78 Å². The zero-order chi connectivity index (χ0) is 14.8. The first-order chi connectivity index (χ1) is 10.1. The molecule has 4 nitrogen and oxygen atoms in total. The second kappa shape index (κ2) is 5.82. The highest BCUT2D eigenvalue weighted by Gasteiger charge is 2.21. The van der Waals surface area contributed by atoms with Crippen molar-refractivity contribution in [1.82, 2.24) is 10.3 Å². The summed E-state index contributed by atoms with van der Waals surface area (Å²) in [5.74, 6) is 0.518. The van der Waals surface area contributed by atoms with Gasteiger partial charge >= 0.3 is 0 Å². The SMILES string of the molecule is CC(C)c1ccc2ncc(NC(=O)[C@@H]3CCCN3)cc2c1. The van der Waals surface area contributed by atoms with Crippen molar-refractivity contribution in [2.45, 2.75) is 38.6 Å². The van der Waals surface area contributed by atoms with Crippen molar-refractivity contribution < 1.29 is 4.79 Å². The number of carbonyl (C=O) groups excluding carboxylic acids is 1. The van der Waals surface area contributed by atoms with Gasteiger partial charge in [0, 0.05) is 5.39 Å². The quantitative estimate of drug-likeness (QED) is 0.910. The molecule has 1 aliphatic heterocycles. The molecular weight excluding hydrogens is 262 g/mol. The van der Waals surface area contributed by atoms with Crippen LogP contribution >= 0.6 is 0 Å². The normalized spacial score (nSPS) is 18.3. The van der Waals surface area contributed by atoms with E-state index < -0.39 is 0 Å². The number of nitrogens with one attached hydrogen (secondary N) is 2. The maximum absolute atomic E-state index is 12.1. The van der Waals surface area contributed by atoms with Crippen LogP contribution in [0.1, 0.15) is 38.2 Å². The highest BCUT2D eigenvalue weighted by atomic mass is 16.2. The lowest BCUT2D eigenvalue weighted by atomic mass is 10.0. The van der Waals surface area contributed by atoms with E-state index in [1.807, 2.05) is 12.1 Å². The van der Waals surface area contributed by atoms with Crippen molar-refractivity contribution in [1.29, 1.82) is 0 Å². The molecule has 1 saturated heterocycles. The predicted octanol–water partition coefficient (Wildman–Crippen LogP) is 3.05. The standard InChI is InChI=1S/C17H21N3O/c1-11(2)12-5-6-15-13(8-12)9-14(10-19-15)20-17(21)16-4-3-7-18-16/h5-6,8-11,16,18H,3-4,7H2,1-2H3,(H,20,21)/t16-/m0/s1. The van der Waals surface area contributed by atoms with Crippen LogP contribution < -0.4 is 10.6 Å². The number of benzene rings is 1. The van der Waals surface area contributed by atoms with Crippen LogP contribution in [-0.4, -0.2) is 23.5 Å². The molecule has 1 aromatic heterocycles. The largest absolute Gasteiger partial charge is 0.323 e. The fourth-order valence-corrected chi connectivity index (χ4v) is 2.72. The number of carbonyl (C=O) groups is 1.